The standard InChI is InChI=1S/C20H24FNO3.ClH/c21-17-3-1-15(2-4-17)20-9-10-22-13-16(20)14-25-19-7-5-18(6-8-19)24-12-11-23;/h1-8,16,20,22-23H,9-14H2;1H/t16-,20-;/m0./s1. The van der Waals surface area contributed by atoms with Crippen LogP contribution in [0.25, 0.3) is 0 Å². The van der Waals surface area contributed by atoms with E-state index in [0.717, 1.165) is 25.3 Å². The van der Waals surface area contributed by atoms with Gasteiger partial charge in [-0.25, -0.2) is 4.39 Å². The van der Waals surface area contributed by atoms with Crippen molar-refractivity contribution >= 4 is 12.4 Å². The third-order valence-electron chi connectivity index (χ3n) is 4.55. The summed E-state index contributed by atoms with van der Waals surface area (Å²) in [5.74, 6) is 2.01. The van der Waals surface area contributed by atoms with Crippen molar-refractivity contribution in [3.63, 3.8) is 0 Å². The zero-order valence-electron chi connectivity index (χ0n) is 14.6. The largest absolute Gasteiger partial charge is 0.493 e. The van der Waals surface area contributed by atoms with E-state index in [0.29, 0.717) is 24.2 Å². The quantitative estimate of drug-likeness (QED) is 0.772. The average Bonchev–Trinajstić information content (AvgIpc) is 2.66. The summed E-state index contributed by atoms with van der Waals surface area (Å²) in [5.41, 5.74) is 1.17. The van der Waals surface area contributed by atoms with Gasteiger partial charge in [0.15, 0.2) is 0 Å². The number of benzene rings is 2. The van der Waals surface area contributed by atoms with Gasteiger partial charge in [0.25, 0.3) is 0 Å². The molecule has 26 heavy (non-hydrogen) atoms. The van der Waals surface area contributed by atoms with Crippen LogP contribution in [0.3, 0.4) is 0 Å². The molecule has 2 aromatic carbocycles. The first-order valence-electron chi connectivity index (χ1n) is 8.69. The van der Waals surface area contributed by atoms with E-state index in [9.17, 15) is 4.39 Å². The van der Waals surface area contributed by atoms with Crippen LogP contribution in [0.5, 0.6) is 11.5 Å². The molecule has 1 saturated heterocycles. The molecule has 0 aliphatic carbocycles. The molecule has 6 heteroatoms. The Hall–Kier alpha value is -1.82. The summed E-state index contributed by atoms with van der Waals surface area (Å²) in [6, 6.07) is 14.2. The van der Waals surface area contributed by atoms with Gasteiger partial charge in [-0.1, -0.05) is 12.1 Å². The van der Waals surface area contributed by atoms with E-state index in [-0.39, 0.29) is 31.4 Å². The van der Waals surface area contributed by atoms with E-state index >= 15 is 0 Å². The highest BCUT2D eigenvalue weighted by Gasteiger charge is 2.27. The van der Waals surface area contributed by atoms with Gasteiger partial charge in [-0.15, -0.1) is 12.4 Å². The van der Waals surface area contributed by atoms with Crippen LogP contribution in [-0.4, -0.2) is 38.0 Å². The van der Waals surface area contributed by atoms with E-state index in [4.69, 9.17) is 14.6 Å². The molecule has 0 bridgehead atoms. The molecule has 1 aliphatic heterocycles. The second-order valence-electron chi connectivity index (χ2n) is 6.27. The van der Waals surface area contributed by atoms with E-state index in [1.165, 1.54) is 17.7 Å². The molecular weight excluding hydrogens is 357 g/mol. The van der Waals surface area contributed by atoms with Gasteiger partial charge in [0.05, 0.1) is 13.2 Å². The molecule has 0 radical (unpaired) electrons. The van der Waals surface area contributed by atoms with Gasteiger partial charge in [0.1, 0.15) is 23.9 Å². The monoisotopic (exact) mass is 381 g/mol. The Kier molecular flexibility index (Phi) is 8.16. The Labute approximate surface area is 159 Å². The molecule has 3 rings (SSSR count). The van der Waals surface area contributed by atoms with Crippen LogP contribution < -0.4 is 14.8 Å². The van der Waals surface area contributed by atoms with Crippen LogP contribution in [0.1, 0.15) is 17.9 Å². The molecule has 1 fully saturated rings. The number of aliphatic hydroxyl groups is 1. The van der Waals surface area contributed by atoms with Gasteiger partial charge in [-0.2, -0.15) is 0 Å². The molecule has 2 atom stereocenters. The molecule has 1 heterocycles. The minimum absolute atomic E-state index is 0. The van der Waals surface area contributed by atoms with Gasteiger partial charge in [-0.05, 0) is 60.8 Å². The van der Waals surface area contributed by atoms with Crippen molar-refractivity contribution < 1.29 is 19.0 Å². The molecule has 0 amide bonds. The predicted octanol–water partition coefficient (Wildman–Crippen LogP) is 3.39. The Bertz CT molecular complexity index is 651. The average molecular weight is 382 g/mol. The van der Waals surface area contributed by atoms with E-state index < -0.39 is 0 Å². The van der Waals surface area contributed by atoms with E-state index in [1.807, 2.05) is 36.4 Å². The van der Waals surface area contributed by atoms with Crippen LogP contribution >= 0.6 is 12.4 Å². The second kappa shape index (κ2) is 10.4. The first kappa shape index (κ1) is 20.5. The van der Waals surface area contributed by atoms with Crippen LogP contribution in [0.15, 0.2) is 48.5 Å². The highest BCUT2D eigenvalue weighted by atomic mass is 35.5. The number of ether oxygens (including phenoxy) is 2. The molecule has 142 valence electrons. The number of hydrogen-bond acceptors (Lipinski definition) is 4. The zero-order valence-corrected chi connectivity index (χ0v) is 15.4. The zero-order chi connectivity index (χ0) is 17.5. The van der Waals surface area contributed by atoms with E-state index in [1.54, 1.807) is 0 Å². The molecule has 2 aromatic rings. The summed E-state index contributed by atoms with van der Waals surface area (Å²) < 4.78 is 24.5. The van der Waals surface area contributed by atoms with Gasteiger partial charge in [0.2, 0.25) is 0 Å². The smallest absolute Gasteiger partial charge is 0.123 e. The maximum Gasteiger partial charge on any atom is 0.123 e. The molecule has 0 spiro atoms. The third-order valence-corrected chi connectivity index (χ3v) is 4.55. The lowest BCUT2D eigenvalue weighted by Crippen LogP contribution is -2.38. The van der Waals surface area contributed by atoms with Gasteiger partial charge < -0.3 is 19.9 Å². The highest BCUT2D eigenvalue weighted by Crippen LogP contribution is 2.31. The molecule has 0 aromatic heterocycles. The summed E-state index contributed by atoms with van der Waals surface area (Å²) >= 11 is 0. The Balaban J connectivity index is 0.00000243. The second-order valence-corrected chi connectivity index (χ2v) is 6.27. The number of hydrogen-bond donors (Lipinski definition) is 2. The first-order chi connectivity index (χ1) is 12.3. The summed E-state index contributed by atoms with van der Waals surface area (Å²) in [6.07, 6.45) is 1.02. The molecule has 1 aliphatic rings. The predicted molar refractivity (Wildman–Crippen MR) is 102 cm³/mol. The number of halogens is 2. The van der Waals surface area contributed by atoms with Crippen molar-refractivity contribution in [3.8, 4) is 11.5 Å². The lowest BCUT2D eigenvalue weighted by Gasteiger charge is -2.32. The third kappa shape index (κ3) is 5.59. The number of nitrogens with one attached hydrogen (secondary N) is 1. The number of piperidine rings is 1. The first-order valence-corrected chi connectivity index (χ1v) is 8.69. The Morgan fingerprint density at radius 2 is 1.65 bits per heavy atom. The van der Waals surface area contributed by atoms with Gasteiger partial charge in [-0.3, -0.25) is 0 Å². The molecule has 2 N–H and O–H groups in total. The fourth-order valence-corrected chi connectivity index (χ4v) is 3.25. The number of aliphatic hydroxyl groups excluding tert-OH is 1. The van der Waals surface area contributed by atoms with Crippen molar-refractivity contribution in [1.29, 1.82) is 0 Å². The maximum absolute atomic E-state index is 13.2. The lowest BCUT2D eigenvalue weighted by molar-refractivity contribution is 0.195. The Morgan fingerprint density at radius 1 is 1.00 bits per heavy atom. The summed E-state index contributed by atoms with van der Waals surface area (Å²) in [4.78, 5) is 0. The summed E-state index contributed by atoms with van der Waals surface area (Å²) in [6.45, 7) is 2.74. The molecule has 0 saturated carbocycles. The number of rotatable bonds is 7. The van der Waals surface area contributed by atoms with Crippen LogP contribution in [0, 0.1) is 11.7 Å². The van der Waals surface area contributed by atoms with Gasteiger partial charge in [0, 0.05) is 12.5 Å². The van der Waals surface area contributed by atoms with Crippen molar-refractivity contribution in [3.05, 3.63) is 59.9 Å². The van der Waals surface area contributed by atoms with Crippen molar-refractivity contribution in [2.45, 2.75) is 12.3 Å². The van der Waals surface area contributed by atoms with Crippen LogP contribution in [-0.2, 0) is 0 Å². The van der Waals surface area contributed by atoms with Crippen molar-refractivity contribution in [1.82, 2.24) is 5.32 Å². The fourth-order valence-electron chi connectivity index (χ4n) is 3.25. The van der Waals surface area contributed by atoms with Crippen LogP contribution in [0.4, 0.5) is 4.39 Å². The fraction of sp³-hybridized carbons (Fsp3) is 0.400. The molecule has 0 unspecified atom stereocenters. The normalized spacial score (nSPS) is 19.5. The minimum Gasteiger partial charge on any atom is -0.493 e. The lowest BCUT2D eigenvalue weighted by atomic mass is 9.81. The highest BCUT2D eigenvalue weighted by molar-refractivity contribution is 5.85. The summed E-state index contributed by atoms with van der Waals surface area (Å²) in [5, 5.41) is 12.2. The van der Waals surface area contributed by atoms with Crippen molar-refractivity contribution in [2.24, 2.45) is 5.92 Å². The minimum atomic E-state index is -0.200. The maximum atomic E-state index is 13.2. The van der Waals surface area contributed by atoms with Crippen molar-refractivity contribution in [2.75, 3.05) is 32.9 Å². The van der Waals surface area contributed by atoms with Crippen LogP contribution in [0.2, 0.25) is 0 Å². The van der Waals surface area contributed by atoms with Gasteiger partial charge >= 0.3 is 0 Å². The molecule has 4 nitrogen and oxygen atoms in total. The Morgan fingerprint density at radius 3 is 2.31 bits per heavy atom. The molecular formula is C20H25ClFNO3. The summed E-state index contributed by atoms with van der Waals surface area (Å²) in [7, 11) is 0. The topological polar surface area (TPSA) is 50.7 Å². The van der Waals surface area contributed by atoms with E-state index in [2.05, 4.69) is 5.32 Å². The SMILES string of the molecule is Cl.OCCOc1ccc(OC[C@@H]2CNCC[C@H]2c2ccc(F)cc2)cc1.